The van der Waals surface area contributed by atoms with Gasteiger partial charge in [0.25, 0.3) is 0 Å². The van der Waals surface area contributed by atoms with E-state index in [0.29, 0.717) is 31.5 Å². The molecular weight excluding hydrogens is 355 g/mol. The van der Waals surface area contributed by atoms with E-state index in [9.17, 15) is 9.18 Å². The maximum atomic E-state index is 13.2. The lowest BCUT2D eigenvalue weighted by molar-refractivity contribution is -0.133. The van der Waals surface area contributed by atoms with Crippen LogP contribution in [0, 0.1) is 18.7 Å². The molecule has 1 saturated carbocycles. The molecule has 0 spiro atoms. The van der Waals surface area contributed by atoms with Crippen LogP contribution < -0.4 is 5.73 Å². The third-order valence-corrected chi connectivity index (χ3v) is 6.29. The monoisotopic (exact) mass is 384 g/mol. The van der Waals surface area contributed by atoms with E-state index in [0.717, 1.165) is 55.6 Å². The number of nitrogens with two attached hydrogens (primary N) is 1. The van der Waals surface area contributed by atoms with Crippen LogP contribution in [0.1, 0.15) is 54.6 Å². The van der Waals surface area contributed by atoms with Crippen molar-refractivity contribution in [2.75, 3.05) is 6.54 Å². The van der Waals surface area contributed by atoms with Crippen molar-refractivity contribution in [2.45, 2.75) is 64.6 Å². The summed E-state index contributed by atoms with van der Waals surface area (Å²) in [5.74, 6) is 0.487. The molecule has 1 fully saturated rings. The Morgan fingerprint density at radius 1 is 1.21 bits per heavy atom. The zero-order valence-corrected chi connectivity index (χ0v) is 16.5. The second kappa shape index (κ2) is 8.03. The first-order chi connectivity index (χ1) is 13.5. The lowest BCUT2D eigenvalue weighted by Gasteiger charge is -2.31. The molecule has 2 heterocycles. The summed E-state index contributed by atoms with van der Waals surface area (Å²) in [5, 5.41) is 4.70. The third kappa shape index (κ3) is 4.12. The number of nitrogens with zero attached hydrogens (tertiary/aromatic N) is 3. The molecule has 1 amide bonds. The van der Waals surface area contributed by atoms with Gasteiger partial charge >= 0.3 is 0 Å². The van der Waals surface area contributed by atoms with Crippen molar-refractivity contribution in [1.82, 2.24) is 14.7 Å². The molecule has 2 aliphatic rings. The van der Waals surface area contributed by atoms with E-state index in [-0.39, 0.29) is 11.7 Å². The van der Waals surface area contributed by atoms with Crippen molar-refractivity contribution in [3.8, 4) is 0 Å². The average molecular weight is 384 g/mol. The summed E-state index contributed by atoms with van der Waals surface area (Å²) in [5.41, 5.74) is 10.4. The highest BCUT2D eigenvalue weighted by Crippen LogP contribution is 2.28. The van der Waals surface area contributed by atoms with E-state index in [2.05, 4.69) is 0 Å². The number of halogens is 1. The van der Waals surface area contributed by atoms with Crippen molar-refractivity contribution in [2.24, 2.45) is 11.7 Å². The minimum Gasteiger partial charge on any atom is -0.336 e. The first-order valence-corrected chi connectivity index (χ1v) is 10.3. The number of fused-ring (bicyclic) bond motifs is 1. The molecule has 150 valence electrons. The molecule has 0 unspecified atom stereocenters. The third-order valence-electron chi connectivity index (χ3n) is 6.29. The van der Waals surface area contributed by atoms with Crippen LogP contribution in [0.2, 0.25) is 0 Å². The average Bonchev–Trinajstić information content (AvgIpc) is 3.00. The minimum absolute atomic E-state index is 0.233. The van der Waals surface area contributed by atoms with Crippen LogP contribution in [0.25, 0.3) is 0 Å². The van der Waals surface area contributed by atoms with Crippen molar-refractivity contribution in [3.63, 3.8) is 0 Å². The first kappa shape index (κ1) is 19.1. The van der Waals surface area contributed by atoms with Crippen molar-refractivity contribution in [1.29, 1.82) is 0 Å². The van der Waals surface area contributed by atoms with Crippen LogP contribution in [-0.4, -0.2) is 33.2 Å². The zero-order chi connectivity index (χ0) is 19.7. The number of hydrogen-bond donors (Lipinski definition) is 1. The van der Waals surface area contributed by atoms with Crippen LogP contribution in [0.5, 0.6) is 0 Å². The molecule has 5 nitrogen and oxygen atoms in total. The van der Waals surface area contributed by atoms with Gasteiger partial charge in [-0.25, -0.2) is 4.39 Å². The fourth-order valence-corrected chi connectivity index (χ4v) is 4.55. The molecule has 1 aliphatic heterocycles. The molecule has 0 radical (unpaired) electrons. The number of aromatic nitrogens is 2. The Labute approximate surface area is 165 Å². The number of benzene rings is 1. The van der Waals surface area contributed by atoms with E-state index >= 15 is 0 Å². The van der Waals surface area contributed by atoms with E-state index in [1.54, 1.807) is 12.1 Å². The zero-order valence-electron chi connectivity index (χ0n) is 16.5. The quantitative estimate of drug-likeness (QED) is 0.881. The fraction of sp³-hybridized carbons (Fsp3) is 0.545. The summed E-state index contributed by atoms with van der Waals surface area (Å²) in [6.45, 7) is 4.01. The molecule has 1 aliphatic carbocycles. The highest BCUT2D eigenvalue weighted by Gasteiger charge is 2.28. The standard InChI is InChI=1S/C22H29FN4O/c1-15-20-10-11-26(22(28)12-16-4-8-19(24)9-5-16)14-21(20)27(25-15)13-17-2-6-18(23)7-3-17/h2-3,6-7,16,19H,4-5,8-14,24H2,1H3. The molecule has 1 aromatic heterocycles. The molecular formula is C22H29FN4O. The number of hydrogen-bond acceptors (Lipinski definition) is 3. The Morgan fingerprint density at radius 3 is 2.64 bits per heavy atom. The van der Waals surface area contributed by atoms with Gasteiger partial charge in [-0.2, -0.15) is 5.10 Å². The van der Waals surface area contributed by atoms with Gasteiger partial charge in [0.05, 0.1) is 24.5 Å². The summed E-state index contributed by atoms with van der Waals surface area (Å²) in [6.07, 6.45) is 5.68. The van der Waals surface area contributed by atoms with Gasteiger partial charge in [0, 0.05) is 19.0 Å². The van der Waals surface area contributed by atoms with Crippen molar-refractivity contribution in [3.05, 3.63) is 52.6 Å². The molecule has 2 aromatic rings. The SMILES string of the molecule is Cc1nn(Cc2ccc(F)cc2)c2c1CCN(C(=O)CC1CCC(N)CC1)C2. The molecule has 6 heteroatoms. The van der Waals surface area contributed by atoms with Gasteiger partial charge < -0.3 is 10.6 Å². The number of amides is 1. The summed E-state index contributed by atoms with van der Waals surface area (Å²) < 4.78 is 15.2. The molecule has 0 atom stereocenters. The van der Waals surface area contributed by atoms with Crippen molar-refractivity contribution < 1.29 is 9.18 Å². The summed E-state index contributed by atoms with van der Waals surface area (Å²) in [4.78, 5) is 14.9. The van der Waals surface area contributed by atoms with E-state index < -0.39 is 0 Å². The summed E-state index contributed by atoms with van der Waals surface area (Å²) in [6, 6.07) is 6.85. The second-order valence-corrected chi connectivity index (χ2v) is 8.34. The molecule has 4 rings (SSSR count). The summed E-state index contributed by atoms with van der Waals surface area (Å²) in [7, 11) is 0. The topological polar surface area (TPSA) is 64.2 Å². The maximum absolute atomic E-state index is 13.2. The first-order valence-electron chi connectivity index (χ1n) is 10.3. The van der Waals surface area contributed by atoms with Crippen molar-refractivity contribution >= 4 is 5.91 Å². The molecule has 0 saturated heterocycles. The van der Waals surface area contributed by atoms with Crippen LogP contribution >= 0.6 is 0 Å². The fourth-order valence-electron chi connectivity index (χ4n) is 4.55. The predicted molar refractivity (Wildman–Crippen MR) is 106 cm³/mol. The Hall–Kier alpha value is -2.21. The van der Waals surface area contributed by atoms with Gasteiger partial charge in [-0.05, 0) is 68.2 Å². The lowest BCUT2D eigenvalue weighted by atomic mass is 9.84. The minimum atomic E-state index is -0.233. The Morgan fingerprint density at radius 2 is 1.93 bits per heavy atom. The Bertz CT molecular complexity index is 837. The van der Waals surface area contributed by atoms with Crippen LogP contribution in [0.4, 0.5) is 4.39 Å². The molecule has 0 bridgehead atoms. The lowest BCUT2D eigenvalue weighted by Crippen LogP contribution is -2.38. The molecule has 1 aromatic carbocycles. The van der Waals surface area contributed by atoms with E-state index in [1.807, 2.05) is 16.5 Å². The van der Waals surface area contributed by atoms with Crippen LogP contribution in [0.3, 0.4) is 0 Å². The van der Waals surface area contributed by atoms with Gasteiger partial charge in [-0.1, -0.05) is 12.1 Å². The Kier molecular flexibility index (Phi) is 5.49. The normalized spacial score (nSPS) is 22.2. The second-order valence-electron chi connectivity index (χ2n) is 8.34. The van der Waals surface area contributed by atoms with Gasteiger partial charge in [0.1, 0.15) is 5.82 Å². The number of rotatable bonds is 4. The van der Waals surface area contributed by atoms with E-state index in [4.69, 9.17) is 10.8 Å². The summed E-state index contributed by atoms with van der Waals surface area (Å²) >= 11 is 0. The molecule has 28 heavy (non-hydrogen) atoms. The van der Waals surface area contributed by atoms with Crippen LogP contribution in [0.15, 0.2) is 24.3 Å². The molecule has 2 N–H and O–H groups in total. The van der Waals surface area contributed by atoms with E-state index in [1.165, 1.54) is 17.7 Å². The van der Waals surface area contributed by atoms with Gasteiger partial charge in [-0.3, -0.25) is 9.48 Å². The largest absolute Gasteiger partial charge is 0.336 e. The van der Waals surface area contributed by atoms with Gasteiger partial charge in [0.15, 0.2) is 0 Å². The van der Waals surface area contributed by atoms with Gasteiger partial charge in [0.2, 0.25) is 5.91 Å². The van der Waals surface area contributed by atoms with Gasteiger partial charge in [-0.15, -0.1) is 0 Å². The van der Waals surface area contributed by atoms with Crippen LogP contribution in [-0.2, 0) is 24.3 Å². The highest BCUT2D eigenvalue weighted by molar-refractivity contribution is 5.76. The number of aryl methyl sites for hydroxylation is 1. The number of carbonyl (C=O) groups excluding carboxylic acids is 1. The highest BCUT2D eigenvalue weighted by atomic mass is 19.1. The smallest absolute Gasteiger partial charge is 0.223 e. The maximum Gasteiger partial charge on any atom is 0.223 e. The Balaban J connectivity index is 1.45. The number of carbonyl (C=O) groups is 1. The predicted octanol–water partition coefficient (Wildman–Crippen LogP) is 3.17.